The predicted molar refractivity (Wildman–Crippen MR) is 172 cm³/mol. The lowest BCUT2D eigenvalue weighted by Crippen LogP contribution is -2.37. The summed E-state index contributed by atoms with van der Waals surface area (Å²) in [6, 6.07) is 12.3. The van der Waals surface area contributed by atoms with Crippen LogP contribution in [0.15, 0.2) is 42.5 Å². The second-order valence-electron chi connectivity index (χ2n) is 11.7. The summed E-state index contributed by atoms with van der Waals surface area (Å²) in [5, 5.41) is 13.9. The van der Waals surface area contributed by atoms with Crippen molar-refractivity contribution in [3.63, 3.8) is 0 Å². The van der Waals surface area contributed by atoms with E-state index in [0.29, 0.717) is 38.5 Å². The number of nitrogens with zero attached hydrogens (tertiary/aromatic N) is 2. The van der Waals surface area contributed by atoms with Crippen LogP contribution in [0.3, 0.4) is 0 Å². The van der Waals surface area contributed by atoms with E-state index < -0.39 is 36.3 Å². The number of benzene rings is 2. The summed E-state index contributed by atoms with van der Waals surface area (Å²) in [5.41, 5.74) is 3.07. The molecule has 1 atom stereocenters. The Labute approximate surface area is 271 Å². The van der Waals surface area contributed by atoms with Crippen LogP contribution < -0.4 is 15.0 Å². The fourth-order valence-electron chi connectivity index (χ4n) is 5.10. The van der Waals surface area contributed by atoms with E-state index in [0.717, 1.165) is 59.6 Å². The van der Waals surface area contributed by atoms with E-state index in [1.807, 2.05) is 38.1 Å². The van der Waals surface area contributed by atoms with Gasteiger partial charge in [-0.3, -0.25) is 19.4 Å². The third-order valence-electron chi connectivity index (χ3n) is 7.54. The number of urea groups is 1. The maximum atomic E-state index is 12.7. The highest BCUT2D eigenvalue weighted by molar-refractivity contribution is 6.13. The lowest BCUT2D eigenvalue weighted by molar-refractivity contribution is -0.180. The summed E-state index contributed by atoms with van der Waals surface area (Å²) in [6.45, 7) is 8.11. The van der Waals surface area contributed by atoms with Crippen LogP contribution in [-0.4, -0.2) is 79.7 Å². The molecule has 11 nitrogen and oxygen atoms in total. The summed E-state index contributed by atoms with van der Waals surface area (Å²) >= 11 is 0. The molecule has 2 aromatic rings. The number of rotatable bonds is 16. The average Bonchev–Trinajstić information content (AvgIpc) is 3.31. The summed E-state index contributed by atoms with van der Waals surface area (Å²) in [6.07, 6.45) is 4.14. The smallest absolute Gasteiger partial charge is 0.332 e. The van der Waals surface area contributed by atoms with Gasteiger partial charge in [-0.2, -0.15) is 0 Å². The van der Waals surface area contributed by atoms with Gasteiger partial charge in [0.2, 0.25) is 5.79 Å². The van der Waals surface area contributed by atoms with Crippen LogP contribution >= 0.6 is 0 Å². The Balaban J connectivity index is 1.04. The van der Waals surface area contributed by atoms with Crippen LogP contribution in [0.1, 0.15) is 75.7 Å². The van der Waals surface area contributed by atoms with Gasteiger partial charge in [-0.1, -0.05) is 36.8 Å². The molecule has 0 bridgehead atoms. The first-order valence-corrected chi connectivity index (χ1v) is 16.0. The molecule has 0 radical (unpaired) electrons. The molecule has 3 amide bonds. The molecule has 4 rings (SSSR count). The number of imide groups is 1. The largest absolute Gasteiger partial charge is 0.465 e. The Morgan fingerprint density at radius 3 is 2.76 bits per heavy atom. The second-order valence-corrected chi connectivity index (χ2v) is 11.7. The number of fused-ring (bicyclic) bond motifs is 1. The Kier molecular flexibility index (Phi) is 13.0. The minimum absolute atomic E-state index is 0.135. The maximum Gasteiger partial charge on any atom is 0.332 e. The molecule has 11 heteroatoms. The van der Waals surface area contributed by atoms with E-state index in [1.54, 1.807) is 25.1 Å². The van der Waals surface area contributed by atoms with Crippen molar-refractivity contribution in [2.24, 2.45) is 0 Å². The fourth-order valence-corrected chi connectivity index (χ4v) is 5.10. The molecule has 2 aliphatic rings. The first-order valence-electron chi connectivity index (χ1n) is 16.0. The minimum atomic E-state index is -0.630. The quantitative estimate of drug-likeness (QED) is 0.120. The molecule has 2 heterocycles. The highest BCUT2D eigenvalue weighted by atomic mass is 16.7. The molecule has 2 N–H and O–H groups in total. The number of esters is 1. The number of carbonyl (C=O) groups is 3. The molecule has 0 saturated carbocycles. The molecular formula is C35H45N3O8. The molecule has 0 aliphatic carbocycles. The summed E-state index contributed by atoms with van der Waals surface area (Å²) in [5.74, 6) is 5.29. The van der Waals surface area contributed by atoms with E-state index in [1.165, 1.54) is 4.90 Å². The third-order valence-corrected chi connectivity index (χ3v) is 7.54. The molecule has 2 aromatic carbocycles. The average molecular weight is 636 g/mol. The summed E-state index contributed by atoms with van der Waals surface area (Å²) in [7, 11) is 0. The number of aliphatic hydroxyl groups excluding tert-OH is 1. The van der Waals surface area contributed by atoms with Gasteiger partial charge >= 0.3 is 12.0 Å². The topological polar surface area (TPSA) is 127 Å². The van der Waals surface area contributed by atoms with Crippen molar-refractivity contribution in [1.82, 2.24) is 10.2 Å². The van der Waals surface area contributed by atoms with Crippen molar-refractivity contribution >= 4 is 23.6 Å². The van der Waals surface area contributed by atoms with Crippen LogP contribution in [0.25, 0.3) is 0 Å². The highest BCUT2D eigenvalue weighted by Gasteiger charge is 2.38. The molecule has 0 aromatic heterocycles. The Hall–Kier alpha value is -3.95. The third kappa shape index (κ3) is 10.3. The van der Waals surface area contributed by atoms with Crippen molar-refractivity contribution in [2.45, 2.75) is 71.4 Å². The standard InChI is InChI=1S/C35H45N3O8/c1-4-44-33(41)24-38-32(40)23-37(34(38)42)29-14-11-13-26(20-29)12-7-10-19-43-18-9-6-5-8-17-36-22-30(39)27-15-16-31-28(21-27)25-45-35(2,3)46-31/h11,13-16,20-21,30,36,39H,4-6,8-10,17-19,22-25H2,1-3H3/t30-/m0/s1. The lowest BCUT2D eigenvalue weighted by atomic mass is 10.0. The second kappa shape index (κ2) is 17.1. The molecule has 1 saturated heterocycles. The van der Waals surface area contributed by atoms with E-state index >= 15 is 0 Å². The van der Waals surface area contributed by atoms with E-state index in [4.69, 9.17) is 18.9 Å². The minimum Gasteiger partial charge on any atom is -0.465 e. The first-order chi connectivity index (χ1) is 22.2. The van der Waals surface area contributed by atoms with Gasteiger partial charge in [0.25, 0.3) is 5.91 Å². The van der Waals surface area contributed by atoms with Gasteiger partial charge in [-0.15, -0.1) is 0 Å². The van der Waals surface area contributed by atoms with Gasteiger partial charge in [0, 0.05) is 50.2 Å². The van der Waals surface area contributed by atoms with Crippen LogP contribution in [0.4, 0.5) is 10.5 Å². The zero-order valence-corrected chi connectivity index (χ0v) is 27.0. The van der Waals surface area contributed by atoms with E-state index in [9.17, 15) is 19.5 Å². The number of ether oxygens (including phenoxy) is 4. The van der Waals surface area contributed by atoms with Gasteiger partial charge in [-0.25, -0.2) is 4.79 Å². The zero-order chi connectivity index (χ0) is 32.9. The number of nitrogens with one attached hydrogen (secondary N) is 1. The zero-order valence-electron chi connectivity index (χ0n) is 27.0. The number of amides is 3. The predicted octanol–water partition coefficient (Wildman–Crippen LogP) is 4.31. The maximum absolute atomic E-state index is 12.7. The number of carbonyl (C=O) groups excluding carboxylic acids is 3. The van der Waals surface area contributed by atoms with Crippen molar-refractivity contribution in [1.29, 1.82) is 0 Å². The summed E-state index contributed by atoms with van der Waals surface area (Å²) < 4.78 is 22.1. The van der Waals surface area contributed by atoms with Gasteiger partial charge < -0.3 is 29.4 Å². The first kappa shape index (κ1) is 34.9. The van der Waals surface area contributed by atoms with Gasteiger partial charge in [0.1, 0.15) is 18.8 Å². The Bertz CT molecular complexity index is 1420. The molecule has 248 valence electrons. The van der Waals surface area contributed by atoms with Gasteiger partial charge in [-0.05, 0) is 62.2 Å². The molecule has 0 spiro atoms. The molecule has 2 aliphatic heterocycles. The number of aliphatic hydroxyl groups is 1. The monoisotopic (exact) mass is 635 g/mol. The van der Waals surface area contributed by atoms with Crippen LogP contribution in [0, 0.1) is 11.8 Å². The number of anilines is 1. The van der Waals surface area contributed by atoms with Crippen LogP contribution in [0.5, 0.6) is 5.75 Å². The molecule has 0 unspecified atom stereocenters. The van der Waals surface area contributed by atoms with Crippen LogP contribution in [0.2, 0.25) is 0 Å². The van der Waals surface area contributed by atoms with Crippen LogP contribution in [-0.2, 0) is 30.4 Å². The Morgan fingerprint density at radius 2 is 1.93 bits per heavy atom. The SMILES string of the molecule is CCOC(=O)CN1C(=O)CN(c2cccc(C#CCCOCCCCCCNC[C@H](O)c3ccc4c(c3)COC(C)(C)O4)c2)C1=O. The van der Waals surface area contributed by atoms with E-state index in [-0.39, 0.29) is 13.2 Å². The Morgan fingerprint density at radius 1 is 1.11 bits per heavy atom. The number of unbranched alkanes of at least 4 members (excludes halogenated alkanes) is 3. The highest BCUT2D eigenvalue weighted by Crippen LogP contribution is 2.33. The van der Waals surface area contributed by atoms with Crippen molar-refractivity contribution in [2.75, 3.05) is 50.9 Å². The molecular weight excluding hydrogens is 590 g/mol. The number of hydrogen-bond donors (Lipinski definition) is 2. The van der Waals surface area contributed by atoms with E-state index in [2.05, 4.69) is 17.2 Å². The lowest BCUT2D eigenvalue weighted by Gasteiger charge is -2.33. The molecule has 46 heavy (non-hydrogen) atoms. The number of hydrogen-bond acceptors (Lipinski definition) is 9. The molecule has 1 fully saturated rings. The van der Waals surface area contributed by atoms with Crippen molar-refractivity contribution in [3.05, 3.63) is 59.2 Å². The fraction of sp³-hybridized carbons (Fsp3) is 0.514. The van der Waals surface area contributed by atoms with Gasteiger partial charge in [0.05, 0.1) is 25.9 Å². The van der Waals surface area contributed by atoms with Crippen molar-refractivity contribution in [3.8, 4) is 17.6 Å². The summed E-state index contributed by atoms with van der Waals surface area (Å²) in [4.78, 5) is 39.0. The van der Waals surface area contributed by atoms with Gasteiger partial charge in [0.15, 0.2) is 0 Å². The normalized spacial score (nSPS) is 16.0. The van der Waals surface area contributed by atoms with Crippen molar-refractivity contribution < 1.29 is 38.4 Å².